The van der Waals surface area contributed by atoms with Gasteiger partial charge in [0.25, 0.3) is 0 Å². The lowest BCUT2D eigenvalue weighted by Gasteiger charge is -2.35. The first kappa shape index (κ1) is 43.3. The fourth-order valence-electron chi connectivity index (χ4n) is 7.82. The highest BCUT2D eigenvalue weighted by atomic mass is 32.2. The average molecular weight is 858 g/mol. The molecule has 1 amide bonds. The number of nitrogens with zero attached hydrogens (tertiary/aromatic N) is 10. The quantitative estimate of drug-likeness (QED) is 0.0800. The minimum absolute atomic E-state index is 0.0415. The molecule has 61 heavy (non-hydrogen) atoms. The van der Waals surface area contributed by atoms with E-state index in [2.05, 4.69) is 59.4 Å². The van der Waals surface area contributed by atoms with Crippen LogP contribution in [-0.2, 0) is 22.8 Å². The van der Waals surface area contributed by atoms with Crippen LogP contribution in [0.5, 0.6) is 5.75 Å². The number of halogens is 2. The third-order valence-electron chi connectivity index (χ3n) is 10.9. The number of H-pyrrole nitrogens is 1. The molecular weight excluding hydrogens is 805 g/mol. The number of carbonyl (C=O) groups is 1. The number of aromatic amines is 1. The molecule has 7 rings (SSSR count). The lowest BCUT2D eigenvalue weighted by atomic mass is 9.88. The first-order chi connectivity index (χ1) is 29.4. The summed E-state index contributed by atoms with van der Waals surface area (Å²) < 4.78 is 56.5. The highest BCUT2D eigenvalue weighted by molar-refractivity contribution is 7.82. The molecule has 0 saturated carbocycles. The molecule has 1 saturated heterocycles. The number of rotatable bonds is 19. The van der Waals surface area contributed by atoms with Gasteiger partial charge in [0.2, 0.25) is 18.0 Å². The van der Waals surface area contributed by atoms with Crippen molar-refractivity contribution in [2.75, 3.05) is 56.5 Å². The van der Waals surface area contributed by atoms with Crippen LogP contribution in [-0.4, -0.2) is 112 Å². The molecule has 1 fully saturated rings. The number of likely N-dealkylation sites (tertiary alicyclic amines) is 1. The number of hydrogen-bond acceptors (Lipinski definition) is 11. The second-order valence-electron chi connectivity index (χ2n) is 15.7. The third kappa shape index (κ3) is 9.43. The average Bonchev–Trinajstić information content (AvgIpc) is 4.01. The second-order valence-corrected chi connectivity index (χ2v) is 17.2. The van der Waals surface area contributed by atoms with E-state index < -0.39 is 16.8 Å². The molecule has 6 aromatic rings. The lowest BCUT2D eigenvalue weighted by molar-refractivity contribution is -0.107. The molecule has 0 aliphatic carbocycles. The summed E-state index contributed by atoms with van der Waals surface area (Å²) in [5, 5.41) is 22.3. The van der Waals surface area contributed by atoms with E-state index >= 15 is 8.78 Å². The van der Waals surface area contributed by atoms with Gasteiger partial charge in [-0.1, -0.05) is 26.5 Å². The van der Waals surface area contributed by atoms with Crippen LogP contribution in [0.3, 0.4) is 0 Å². The van der Waals surface area contributed by atoms with E-state index in [1.165, 1.54) is 32.6 Å². The van der Waals surface area contributed by atoms with Gasteiger partial charge in [0.15, 0.2) is 17.4 Å². The normalized spacial score (nSPS) is 14.9. The maximum absolute atomic E-state index is 16.2. The molecule has 2 atom stereocenters. The summed E-state index contributed by atoms with van der Waals surface area (Å²) in [4.78, 5) is 25.3. The van der Waals surface area contributed by atoms with Gasteiger partial charge in [-0.15, -0.1) is 5.10 Å². The molecule has 2 unspecified atom stereocenters. The Morgan fingerprint density at radius 2 is 1.95 bits per heavy atom. The standard InChI is InChI=1S/C42H53F2N13O3S/c1-8-56(61(59)31-9-12-35(34(43)19-31)49-42-50-41-39(60-26(2)3)37(30-20-47-48-21-30)46-24-57(41)52-42)23-27(4)22-54-16-14-29(15-17-54)32-10-11-33-38(36(32)44)53(7)51-40(33)55(25-58)18-13-28(5)45-6/h9-12,19-21,24-27,29,45H,5,8,13-18,22-23H2,1-4,6-7H3,(H,47,48)(H,49,52). The Hall–Kier alpha value is -5.79. The molecule has 1 aliphatic rings. The predicted octanol–water partition coefficient (Wildman–Crippen LogP) is 6.16. The van der Waals surface area contributed by atoms with E-state index in [-0.39, 0.29) is 35.4 Å². The van der Waals surface area contributed by atoms with Crippen molar-refractivity contribution in [1.29, 1.82) is 0 Å². The molecular formula is C42H53F2N13O3S. The maximum Gasteiger partial charge on any atom is 0.247 e. The van der Waals surface area contributed by atoms with E-state index in [0.717, 1.165) is 50.1 Å². The fourth-order valence-corrected chi connectivity index (χ4v) is 9.13. The van der Waals surface area contributed by atoms with Crippen LogP contribution >= 0.6 is 0 Å². The van der Waals surface area contributed by atoms with E-state index in [0.29, 0.717) is 70.3 Å². The smallest absolute Gasteiger partial charge is 0.247 e. The van der Waals surface area contributed by atoms with Crippen LogP contribution in [0.15, 0.2) is 66.2 Å². The van der Waals surface area contributed by atoms with Gasteiger partial charge in [-0.2, -0.15) is 19.7 Å². The van der Waals surface area contributed by atoms with Crippen molar-refractivity contribution in [2.45, 2.75) is 63.9 Å². The first-order valence-corrected chi connectivity index (χ1v) is 21.6. The van der Waals surface area contributed by atoms with Crippen molar-refractivity contribution in [2.24, 2.45) is 13.0 Å². The van der Waals surface area contributed by atoms with E-state index in [9.17, 15) is 9.00 Å². The van der Waals surface area contributed by atoms with Crippen LogP contribution in [0.2, 0.25) is 0 Å². The number of carbonyl (C=O) groups excluding carboxylic acids is 1. The molecule has 0 bridgehead atoms. The number of piperidine rings is 1. The van der Waals surface area contributed by atoms with Crippen LogP contribution in [0.25, 0.3) is 27.8 Å². The SMILES string of the molecule is C=C(CCN(C=O)c1nn(C)c2c(F)c(C3CCN(CC(C)CN(CC)S(=O)c4ccc(Nc5nc6c(OC(C)C)c(-c7cn[nH]c7)ncn6n5)c(F)c4)CC3)ccc12)NC. The van der Waals surface area contributed by atoms with Gasteiger partial charge in [-0.05, 0) is 81.4 Å². The van der Waals surface area contributed by atoms with Crippen LogP contribution in [0, 0.1) is 17.6 Å². The van der Waals surface area contributed by atoms with Gasteiger partial charge in [0.05, 0.1) is 22.9 Å². The van der Waals surface area contributed by atoms with Crippen molar-refractivity contribution < 1.29 is 22.5 Å². The molecule has 3 N–H and O–H groups in total. The summed E-state index contributed by atoms with van der Waals surface area (Å²) in [7, 11) is 1.88. The van der Waals surface area contributed by atoms with Gasteiger partial charge in [0.1, 0.15) is 34.3 Å². The number of anilines is 3. The second kappa shape index (κ2) is 18.9. The Balaban J connectivity index is 0.950. The van der Waals surface area contributed by atoms with Gasteiger partial charge < -0.3 is 20.3 Å². The van der Waals surface area contributed by atoms with E-state index in [1.54, 1.807) is 32.6 Å². The molecule has 4 aromatic heterocycles. The van der Waals surface area contributed by atoms with Gasteiger partial charge in [0, 0.05) is 69.5 Å². The molecule has 16 nitrogen and oxygen atoms in total. The van der Waals surface area contributed by atoms with E-state index in [1.807, 2.05) is 37.2 Å². The van der Waals surface area contributed by atoms with Crippen LogP contribution in [0.4, 0.5) is 26.2 Å². The maximum atomic E-state index is 16.2. The third-order valence-corrected chi connectivity index (χ3v) is 12.5. The minimum atomic E-state index is -1.60. The summed E-state index contributed by atoms with van der Waals surface area (Å²) in [6.45, 7) is 15.6. The summed E-state index contributed by atoms with van der Waals surface area (Å²) in [5.74, 6) is 0.290. The molecule has 19 heteroatoms. The van der Waals surface area contributed by atoms with Crippen molar-refractivity contribution in [3.63, 3.8) is 0 Å². The fraction of sp³-hybridized carbons (Fsp3) is 0.429. The highest BCUT2D eigenvalue weighted by Crippen LogP contribution is 2.37. The number of fused-ring (bicyclic) bond motifs is 2. The number of aromatic nitrogens is 8. The topological polar surface area (TPSA) is 167 Å². The Morgan fingerprint density at radius 1 is 1.16 bits per heavy atom. The number of nitrogens with one attached hydrogen (secondary N) is 3. The zero-order valence-corrected chi connectivity index (χ0v) is 36.2. The van der Waals surface area contributed by atoms with Crippen molar-refractivity contribution in [3.8, 4) is 17.0 Å². The summed E-state index contributed by atoms with van der Waals surface area (Å²) in [6.07, 6.45) is 7.52. The van der Waals surface area contributed by atoms with Gasteiger partial charge >= 0.3 is 0 Å². The Bertz CT molecular complexity index is 2520. The Kier molecular flexibility index (Phi) is 13.4. The summed E-state index contributed by atoms with van der Waals surface area (Å²) in [6, 6.07) is 8.17. The van der Waals surface area contributed by atoms with Crippen LogP contribution in [0.1, 0.15) is 58.4 Å². The number of ether oxygens (including phenoxy) is 1. The first-order valence-electron chi connectivity index (χ1n) is 20.5. The number of aryl methyl sites for hydroxylation is 1. The van der Waals surface area contributed by atoms with Crippen molar-refractivity contribution in [3.05, 3.63) is 78.5 Å². The predicted molar refractivity (Wildman–Crippen MR) is 232 cm³/mol. The summed E-state index contributed by atoms with van der Waals surface area (Å²) in [5.41, 5.74) is 3.63. The number of amides is 1. The minimum Gasteiger partial charge on any atom is -0.485 e. The monoisotopic (exact) mass is 857 g/mol. The summed E-state index contributed by atoms with van der Waals surface area (Å²) >= 11 is 0. The molecule has 324 valence electrons. The van der Waals surface area contributed by atoms with Crippen molar-refractivity contribution >= 4 is 51.4 Å². The zero-order valence-electron chi connectivity index (χ0n) is 35.4. The molecule has 5 heterocycles. The zero-order chi connectivity index (χ0) is 43.4. The van der Waals surface area contributed by atoms with Gasteiger partial charge in [-0.3, -0.25) is 19.5 Å². The molecule has 2 aromatic carbocycles. The molecule has 1 aliphatic heterocycles. The Morgan fingerprint density at radius 3 is 2.62 bits per heavy atom. The molecule has 0 radical (unpaired) electrons. The van der Waals surface area contributed by atoms with Crippen molar-refractivity contribution in [1.82, 2.24) is 54.1 Å². The molecule has 0 spiro atoms. The largest absolute Gasteiger partial charge is 0.485 e. The van der Waals surface area contributed by atoms with Gasteiger partial charge in [-0.25, -0.2) is 22.3 Å². The number of benzene rings is 2. The highest BCUT2D eigenvalue weighted by Gasteiger charge is 2.28. The Labute approximate surface area is 355 Å². The lowest BCUT2D eigenvalue weighted by Crippen LogP contribution is -2.40. The van der Waals surface area contributed by atoms with E-state index in [4.69, 9.17) is 4.74 Å². The van der Waals surface area contributed by atoms with Crippen LogP contribution < -0.4 is 20.3 Å². The number of hydrogen-bond donors (Lipinski definition) is 3.